The Hall–Kier alpha value is -1.79. The lowest BCUT2D eigenvalue weighted by Gasteiger charge is -2.17. The molecule has 112 valence electrons. The van der Waals surface area contributed by atoms with Gasteiger partial charge in [0.25, 0.3) is 0 Å². The molecule has 0 heterocycles. The molecule has 0 fully saturated rings. The van der Waals surface area contributed by atoms with Crippen molar-refractivity contribution < 1.29 is 17.6 Å². The summed E-state index contributed by atoms with van der Waals surface area (Å²) in [7, 11) is 1.52. The molecule has 0 bridgehead atoms. The van der Waals surface area contributed by atoms with Gasteiger partial charge in [-0.1, -0.05) is 6.07 Å². The van der Waals surface area contributed by atoms with Crippen LogP contribution in [0.4, 0.5) is 17.6 Å². The summed E-state index contributed by atoms with van der Waals surface area (Å²) in [4.78, 5) is 3.89. The Balaban J connectivity index is 2.88. The second kappa shape index (κ2) is 6.58. The summed E-state index contributed by atoms with van der Waals surface area (Å²) in [6.07, 6.45) is -4.59. The van der Waals surface area contributed by atoms with Crippen molar-refractivity contribution in [3.05, 3.63) is 35.1 Å². The van der Waals surface area contributed by atoms with Crippen LogP contribution in [-0.4, -0.2) is 19.0 Å². The lowest BCUT2D eigenvalue weighted by molar-refractivity contribution is -0.138. The van der Waals surface area contributed by atoms with E-state index in [2.05, 4.69) is 15.6 Å². The number of aliphatic imine (C=N–C) groups is 1. The predicted octanol–water partition coefficient (Wildman–Crippen LogP) is 2.92. The topological polar surface area (TPSA) is 36.4 Å². The molecule has 0 saturated carbocycles. The van der Waals surface area contributed by atoms with Crippen LogP contribution in [0.15, 0.2) is 23.2 Å². The zero-order valence-electron chi connectivity index (χ0n) is 11.5. The van der Waals surface area contributed by atoms with Gasteiger partial charge in [-0.05, 0) is 31.5 Å². The third-order valence-corrected chi connectivity index (χ3v) is 2.47. The van der Waals surface area contributed by atoms with E-state index >= 15 is 0 Å². The minimum Gasteiger partial charge on any atom is -0.354 e. The zero-order chi connectivity index (χ0) is 15.3. The van der Waals surface area contributed by atoms with Crippen molar-refractivity contribution in [1.82, 2.24) is 10.6 Å². The van der Waals surface area contributed by atoms with E-state index in [4.69, 9.17) is 0 Å². The predicted molar refractivity (Wildman–Crippen MR) is 69.9 cm³/mol. The molecular formula is C13H17F4N3. The fourth-order valence-electron chi connectivity index (χ4n) is 1.61. The molecule has 2 N–H and O–H groups in total. The first kappa shape index (κ1) is 16.3. The Kier molecular flexibility index (Phi) is 5.35. The van der Waals surface area contributed by atoms with Gasteiger partial charge in [-0.15, -0.1) is 0 Å². The molecule has 0 atom stereocenters. The molecule has 1 aromatic carbocycles. The van der Waals surface area contributed by atoms with Crippen LogP contribution in [0.25, 0.3) is 0 Å². The van der Waals surface area contributed by atoms with Crippen molar-refractivity contribution in [1.29, 1.82) is 0 Å². The summed E-state index contributed by atoms with van der Waals surface area (Å²) in [6.45, 7) is 3.67. The number of benzene rings is 1. The Morgan fingerprint density at radius 3 is 2.45 bits per heavy atom. The summed E-state index contributed by atoms with van der Waals surface area (Å²) < 4.78 is 51.4. The summed E-state index contributed by atoms with van der Waals surface area (Å²) in [5.74, 6) is -0.525. The standard InChI is InChI=1S/C13H17F4N3/c1-8(2)20-12(18-3)19-7-9-4-5-10(14)6-11(9)13(15,16)17/h4-6,8H,7H2,1-3H3,(H2,18,19,20). The molecule has 0 amide bonds. The first-order valence-corrected chi connectivity index (χ1v) is 6.07. The summed E-state index contributed by atoms with van der Waals surface area (Å²) in [5.41, 5.74) is -1.02. The van der Waals surface area contributed by atoms with Crippen LogP contribution < -0.4 is 10.6 Å². The fraction of sp³-hybridized carbons (Fsp3) is 0.462. The molecule has 0 unspecified atom stereocenters. The zero-order valence-corrected chi connectivity index (χ0v) is 11.5. The van der Waals surface area contributed by atoms with E-state index in [1.165, 1.54) is 7.05 Å². The molecule has 0 spiro atoms. The fourth-order valence-corrected chi connectivity index (χ4v) is 1.61. The lowest BCUT2D eigenvalue weighted by Crippen LogP contribution is -2.40. The summed E-state index contributed by atoms with van der Waals surface area (Å²) in [5, 5.41) is 5.72. The second-order valence-corrected chi connectivity index (χ2v) is 4.52. The number of hydrogen-bond acceptors (Lipinski definition) is 1. The van der Waals surface area contributed by atoms with Gasteiger partial charge in [-0.2, -0.15) is 13.2 Å². The lowest BCUT2D eigenvalue weighted by atomic mass is 10.1. The van der Waals surface area contributed by atoms with Gasteiger partial charge in [0.1, 0.15) is 5.82 Å². The molecule has 0 aliphatic rings. The van der Waals surface area contributed by atoms with E-state index < -0.39 is 17.6 Å². The number of nitrogens with one attached hydrogen (secondary N) is 2. The maximum atomic E-state index is 13.0. The Morgan fingerprint density at radius 2 is 1.95 bits per heavy atom. The number of halogens is 4. The van der Waals surface area contributed by atoms with Crippen molar-refractivity contribution in [3.63, 3.8) is 0 Å². The highest BCUT2D eigenvalue weighted by Crippen LogP contribution is 2.32. The molecule has 0 aliphatic heterocycles. The van der Waals surface area contributed by atoms with Crippen molar-refractivity contribution in [2.24, 2.45) is 4.99 Å². The van der Waals surface area contributed by atoms with E-state index in [0.717, 1.165) is 12.1 Å². The second-order valence-electron chi connectivity index (χ2n) is 4.52. The third kappa shape index (κ3) is 4.71. The van der Waals surface area contributed by atoms with Gasteiger partial charge in [0.05, 0.1) is 5.56 Å². The van der Waals surface area contributed by atoms with Gasteiger partial charge < -0.3 is 10.6 Å². The molecule has 3 nitrogen and oxygen atoms in total. The molecule has 7 heteroatoms. The van der Waals surface area contributed by atoms with Crippen LogP contribution in [0.1, 0.15) is 25.0 Å². The summed E-state index contributed by atoms with van der Waals surface area (Å²) >= 11 is 0. The highest BCUT2D eigenvalue weighted by molar-refractivity contribution is 5.79. The van der Waals surface area contributed by atoms with E-state index in [1.807, 2.05) is 13.8 Å². The summed E-state index contributed by atoms with van der Waals surface area (Å²) in [6, 6.07) is 2.71. The van der Waals surface area contributed by atoms with Gasteiger partial charge in [-0.3, -0.25) is 4.99 Å². The van der Waals surface area contributed by atoms with E-state index in [9.17, 15) is 17.6 Å². The average Bonchev–Trinajstić information content (AvgIpc) is 2.34. The molecule has 0 aromatic heterocycles. The Morgan fingerprint density at radius 1 is 1.30 bits per heavy atom. The van der Waals surface area contributed by atoms with E-state index in [0.29, 0.717) is 12.0 Å². The first-order valence-electron chi connectivity index (χ1n) is 6.07. The SMILES string of the molecule is CN=C(NCc1ccc(F)cc1C(F)(F)F)NC(C)C. The van der Waals surface area contributed by atoms with E-state index in [1.54, 1.807) is 0 Å². The largest absolute Gasteiger partial charge is 0.416 e. The maximum absolute atomic E-state index is 13.0. The van der Waals surface area contributed by atoms with Crippen LogP contribution >= 0.6 is 0 Å². The van der Waals surface area contributed by atoms with Crippen molar-refractivity contribution in [3.8, 4) is 0 Å². The molecule has 20 heavy (non-hydrogen) atoms. The molecular weight excluding hydrogens is 274 g/mol. The van der Waals surface area contributed by atoms with E-state index in [-0.39, 0.29) is 18.2 Å². The van der Waals surface area contributed by atoms with Gasteiger partial charge in [0.2, 0.25) is 0 Å². The van der Waals surface area contributed by atoms with Crippen molar-refractivity contribution in [2.75, 3.05) is 7.05 Å². The number of rotatable bonds is 3. The normalized spacial score (nSPS) is 12.7. The Labute approximate surface area is 115 Å². The van der Waals surface area contributed by atoms with Gasteiger partial charge in [-0.25, -0.2) is 4.39 Å². The van der Waals surface area contributed by atoms with Gasteiger partial charge >= 0.3 is 6.18 Å². The highest BCUT2D eigenvalue weighted by Gasteiger charge is 2.33. The Bertz CT molecular complexity index is 481. The van der Waals surface area contributed by atoms with Crippen LogP contribution in [0, 0.1) is 5.82 Å². The van der Waals surface area contributed by atoms with Crippen molar-refractivity contribution in [2.45, 2.75) is 32.6 Å². The number of hydrogen-bond donors (Lipinski definition) is 2. The minimum absolute atomic E-state index is 0.0365. The molecule has 0 saturated heterocycles. The van der Waals surface area contributed by atoms with Crippen LogP contribution in [0.2, 0.25) is 0 Å². The van der Waals surface area contributed by atoms with Gasteiger partial charge in [0.15, 0.2) is 5.96 Å². The third-order valence-electron chi connectivity index (χ3n) is 2.47. The van der Waals surface area contributed by atoms with Crippen LogP contribution in [-0.2, 0) is 12.7 Å². The molecule has 0 aliphatic carbocycles. The smallest absolute Gasteiger partial charge is 0.354 e. The number of alkyl halides is 3. The van der Waals surface area contributed by atoms with Crippen molar-refractivity contribution >= 4 is 5.96 Å². The first-order chi connectivity index (χ1) is 9.24. The maximum Gasteiger partial charge on any atom is 0.416 e. The van der Waals surface area contributed by atoms with Gasteiger partial charge in [0, 0.05) is 19.6 Å². The molecule has 1 rings (SSSR count). The number of guanidine groups is 1. The minimum atomic E-state index is -4.59. The highest BCUT2D eigenvalue weighted by atomic mass is 19.4. The van der Waals surface area contributed by atoms with Crippen LogP contribution in [0.5, 0.6) is 0 Å². The van der Waals surface area contributed by atoms with Crippen LogP contribution in [0.3, 0.4) is 0 Å². The average molecular weight is 291 g/mol. The molecule has 0 radical (unpaired) electrons. The monoisotopic (exact) mass is 291 g/mol. The number of nitrogens with zero attached hydrogens (tertiary/aromatic N) is 1. The molecule has 1 aromatic rings. The quantitative estimate of drug-likeness (QED) is 0.510.